The lowest BCUT2D eigenvalue weighted by Gasteiger charge is -2.47. The maximum atomic E-state index is 13.6. The third-order valence-corrected chi connectivity index (χ3v) is 10.2. The van der Waals surface area contributed by atoms with Crippen LogP contribution in [0.4, 0.5) is 5.82 Å². The number of carboxylic acids is 1. The molecule has 3 aliphatic rings. The summed E-state index contributed by atoms with van der Waals surface area (Å²) in [6.45, 7) is 0.735. The molecular formula is C37H44N4O13. The number of H-pyrrole nitrogens is 1. The summed E-state index contributed by atoms with van der Waals surface area (Å²) in [5, 5.41) is 71.7. The Morgan fingerprint density at radius 3 is 2.48 bits per heavy atom. The Bertz CT molecular complexity index is 2010. The first-order valence-electron chi connectivity index (χ1n) is 17.8. The van der Waals surface area contributed by atoms with Crippen LogP contribution in [0, 0.1) is 0 Å². The molecule has 17 heteroatoms. The van der Waals surface area contributed by atoms with E-state index in [1.54, 1.807) is 36.4 Å². The van der Waals surface area contributed by atoms with E-state index in [0.717, 1.165) is 19.3 Å². The number of anilines is 1. The van der Waals surface area contributed by atoms with Crippen LogP contribution in [0.3, 0.4) is 0 Å². The predicted molar refractivity (Wildman–Crippen MR) is 191 cm³/mol. The average Bonchev–Trinajstić information content (AvgIpc) is 3.84. The number of phenols is 1. The molecular weight excluding hydrogens is 708 g/mol. The number of fused-ring (bicyclic) bond motifs is 1. The van der Waals surface area contributed by atoms with Gasteiger partial charge in [-0.05, 0) is 68.5 Å². The summed E-state index contributed by atoms with van der Waals surface area (Å²) < 4.78 is 29.7. The Labute approximate surface area is 308 Å². The molecule has 0 bridgehead atoms. The molecule has 7 rings (SSSR count). The second-order valence-electron chi connectivity index (χ2n) is 14.0. The second-order valence-corrected chi connectivity index (χ2v) is 14.0. The van der Waals surface area contributed by atoms with Gasteiger partial charge in [0.05, 0.1) is 6.10 Å². The van der Waals surface area contributed by atoms with Crippen molar-refractivity contribution >= 4 is 22.8 Å². The molecule has 2 aromatic heterocycles. The third-order valence-electron chi connectivity index (χ3n) is 10.2. The van der Waals surface area contributed by atoms with E-state index in [0.29, 0.717) is 48.9 Å². The van der Waals surface area contributed by atoms with E-state index in [4.69, 9.17) is 29.1 Å². The van der Waals surface area contributed by atoms with Crippen molar-refractivity contribution in [1.82, 2.24) is 15.6 Å². The molecule has 4 heterocycles. The fourth-order valence-electron chi connectivity index (χ4n) is 7.29. The van der Waals surface area contributed by atoms with Crippen molar-refractivity contribution in [2.75, 3.05) is 25.6 Å². The molecule has 7 unspecified atom stereocenters. The number of phenolic OH excluding ortho intramolecular Hbond substituents is 1. The van der Waals surface area contributed by atoms with Crippen molar-refractivity contribution in [3.8, 4) is 34.3 Å². The molecule has 3 fully saturated rings. The van der Waals surface area contributed by atoms with E-state index >= 15 is 0 Å². The van der Waals surface area contributed by atoms with Crippen molar-refractivity contribution in [2.24, 2.45) is 0 Å². The number of nitrogens with one attached hydrogen (secondary N) is 3. The lowest BCUT2D eigenvalue weighted by molar-refractivity contribution is -0.307. The number of hydrogen-bond acceptors (Lipinski definition) is 15. The number of carbonyl (C=O) groups is 1. The maximum absolute atomic E-state index is 13.6. The summed E-state index contributed by atoms with van der Waals surface area (Å²) >= 11 is 0. The zero-order valence-electron chi connectivity index (χ0n) is 29.1. The highest BCUT2D eigenvalue weighted by Crippen LogP contribution is 2.46. The molecule has 1 aliphatic carbocycles. The van der Waals surface area contributed by atoms with Gasteiger partial charge in [-0.25, -0.2) is 4.79 Å². The van der Waals surface area contributed by atoms with E-state index in [1.165, 1.54) is 12.1 Å². The van der Waals surface area contributed by atoms with E-state index < -0.39 is 59.5 Å². The molecule has 11 N–H and O–H groups in total. The summed E-state index contributed by atoms with van der Waals surface area (Å²) in [4.78, 5) is 28.8. The van der Waals surface area contributed by atoms with E-state index in [9.17, 15) is 40.2 Å². The van der Waals surface area contributed by atoms with Crippen molar-refractivity contribution in [3.05, 3.63) is 64.4 Å². The monoisotopic (exact) mass is 752 g/mol. The molecule has 7 atom stereocenters. The van der Waals surface area contributed by atoms with Crippen LogP contribution in [-0.4, -0.2) is 104 Å². The van der Waals surface area contributed by atoms with Gasteiger partial charge in [0.25, 0.3) is 0 Å². The van der Waals surface area contributed by atoms with Crippen molar-refractivity contribution < 1.29 is 58.8 Å². The minimum Gasteiger partial charge on any atom is -0.504 e. The molecule has 2 aromatic carbocycles. The van der Waals surface area contributed by atoms with Gasteiger partial charge >= 0.3 is 5.97 Å². The highest BCUT2D eigenvalue weighted by molar-refractivity contribution is 5.89. The summed E-state index contributed by atoms with van der Waals surface area (Å²) in [6.07, 6.45) is -5.38. The minimum atomic E-state index is -2.40. The Morgan fingerprint density at radius 1 is 1.06 bits per heavy atom. The van der Waals surface area contributed by atoms with Gasteiger partial charge in [0.2, 0.25) is 12.0 Å². The van der Waals surface area contributed by atoms with Gasteiger partial charge in [-0.15, -0.1) is 0 Å². The normalized spacial score (nSPS) is 26.8. The number of hydrogen-bond donors (Lipinski definition) is 10. The van der Waals surface area contributed by atoms with Crippen molar-refractivity contribution in [1.29, 1.82) is 0 Å². The number of aromatic amines is 1. The van der Waals surface area contributed by atoms with Crippen LogP contribution < -0.4 is 36.0 Å². The topological polar surface area (TPSA) is 271 Å². The molecule has 1 saturated carbocycles. The first kappa shape index (κ1) is 37.4. The highest BCUT2D eigenvalue weighted by atomic mass is 16.7. The average molecular weight is 753 g/mol. The number of aromatic hydroxyl groups is 1. The van der Waals surface area contributed by atoms with Crippen LogP contribution >= 0.6 is 0 Å². The second kappa shape index (κ2) is 15.5. The lowest BCUT2D eigenvalue weighted by Crippen LogP contribution is -2.70. The number of aromatic nitrogens is 1. The maximum Gasteiger partial charge on any atom is 0.336 e. The van der Waals surface area contributed by atoms with Gasteiger partial charge in [-0.2, -0.15) is 0 Å². The molecule has 0 radical (unpaired) electrons. The van der Waals surface area contributed by atoms with Gasteiger partial charge in [0, 0.05) is 42.6 Å². The number of carboxylic acid groups (broad SMARTS) is 1. The largest absolute Gasteiger partial charge is 0.504 e. The molecule has 0 spiro atoms. The van der Waals surface area contributed by atoms with E-state index in [2.05, 4.69) is 15.6 Å². The molecule has 2 saturated heterocycles. The fourth-order valence-corrected chi connectivity index (χ4v) is 7.29. The van der Waals surface area contributed by atoms with Crippen LogP contribution in [0.5, 0.6) is 23.0 Å². The van der Waals surface area contributed by atoms with Gasteiger partial charge in [-0.1, -0.05) is 6.42 Å². The minimum absolute atomic E-state index is 0.0597. The Kier molecular flexibility index (Phi) is 10.7. The number of benzene rings is 2. The number of nitrogens with two attached hydrogens (primary N) is 1. The summed E-state index contributed by atoms with van der Waals surface area (Å²) in [7, 11) is 0. The summed E-state index contributed by atoms with van der Waals surface area (Å²) in [6, 6.07) is 11.8. The zero-order valence-corrected chi connectivity index (χ0v) is 29.1. The van der Waals surface area contributed by atoms with Gasteiger partial charge < -0.3 is 75.4 Å². The summed E-state index contributed by atoms with van der Waals surface area (Å²) in [5.41, 5.74) is 3.51. The number of nitrogen functional groups attached to an aromatic ring is 1. The standard InChI is InChI=1S/C37H44N4O13/c38-28-11-10-22(41-28)24(43)16-50-20-8-6-18(7-9-20)25-12-23(42)29-26(52-25)13-27(32(30(29)44)51-21-4-2-1-3-5-21)53-36-31(45)33(46)37(49,34(54-36)35(47)48)14-19-15-39-17-40-19/h6-13,19,21,24,31,33-34,36,39-41,43-46,49H,1-5,14-17,38H2,(H,47,48). The van der Waals surface area contributed by atoms with E-state index in [-0.39, 0.29) is 47.4 Å². The van der Waals surface area contributed by atoms with Gasteiger partial charge in [0.15, 0.2) is 23.0 Å². The fraction of sp³-hybridized carbons (Fsp3) is 0.459. The highest BCUT2D eigenvalue weighted by Gasteiger charge is 2.59. The summed E-state index contributed by atoms with van der Waals surface area (Å²) in [5.74, 6) is -1.76. The Morgan fingerprint density at radius 2 is 1.81 bits per heavy atom. The first-order chi connectivity index (χ1) is 25.9. The predicted octanol–water partition coefficient (Wildman–Crippen LogP) is 1.45. The van der Waals surface area contributed by atoms with E-state index in [1.807, 2.05) is 0 Å². The first-order valence-corrected chi connectivity index (χ1v) is 17.8. The molecule has 0 amide bonds. The molecule has 4 aromatic rings. The molecule has 17 nitrogen and oxygen atoms in total. The molecule has 290 valence electrons. The van der Waals surface area contributed by atoms with Gasteiger partial charge in [-0.3, -0.25) is 4.79 Å². The number of aliphatic hydroxyl groups is 4. The van der Waals surface area contributed by atoms with Crippen LogP contribution in [0.2, 0.25) is 0 Å². The Hall–Kier alpha value is -4.88. The smallest absolute Gasteiger partial charge is 0.336 e. The Balaban J connectivity index is 1.19. The molecule has 2 aliphatic heterocycles. The SMILES string of the molecule is Nc1ccc(C(O)COc2ccc(-c3cc(=O)c4c(O)c(OC5CCCCC5)c(OC5OC(C(=O)O)C(O)(CC6CNCN6)C(O)C5O)cc4o3)cc2)[nH]1. The molecule has 54 heavy (non-hydrogen) atoms. The number of ether oxygens (including phenoxy) is 4. The van der Waals surface area contributed by atoms with Crippen LogP contribution in [0.25, 0.3) is 22.3 Å². The number of rotatable bonds is 12. The number of aliphatic hydroxyl groups excluding tert-OH is 3. The van der Waals surface area contributed by atoms with Crippen molar-refractivity contribution in [3.63, 3.8) is 0 Å². The number of aliphatic carboxylic acids is 1. The third kappa shape index (κ3) is 7.56. The van der Waals surface area contributed by atoms with Crippen LogP contribution in [0.1, 0.15) is 50.3 Å². The lowest BCUT2D eigenvalue weighted by atomic mass is 9.79. The quantitative estimate of drug-likeness (QED) is 0.0981. The van der Waals surface area contributed by atoms with Crippen LogP contribution in [0.15, 0.2) is 57.7 Å². The van der Waals surface area contributed by atoms with Crippen LogP contribution in [-0.2, 0) is 9.53 Å². The van der Waals surface area contributed by atoms with Gasteiger partial charge in [0.1, 0.15) is 58.8 Å². The van der Waals surface area contributed by atoms with Crippen molar-refractivity contribution in [2.45, 2.75) is 87.0 Å². The zero-order chi connectivity index (χ0) is 38.1.